The SMILES string of the molecule is Cn1[c-][n+](-c2[c-]c(Oc3[c-]c4c(cc3)c3c5c6ccccc6n(-c6ccccc6)c5c5c6ccccc6n(-c6ccccc6)c5c3n4-c3cc(C(C)(C)C)ccn3)ccc2)c2ccccc21.[Pt]. The molecule has 5 aromatic heterocycles. The Morgan fingerprint density at radius 1 is 0.522 bits per heavy atom. The molecule has 0 aliphatic heterocycles. The van der Waals surface area contributed by atoms with E-state index in [0.29, 0.717) is 11.5 Å². The minimum absolute atomic E-state index is 0. The smallest absolute Gasteiger partial charge is 0.242 e. The van der Waals surface area contributed by atoms with Gasteiger partial charge in [0.2, 0.25) is 6.33 Å². The van der Waals surface area contributed by atoms with Crippen LogP contribution in [0, 0.1) is 18.5 Å². The summed E-state index contributed by atoms with van der Waals surface area (Å²) in [4.78, 5) is 5.21. The van der Waals surface area contributed by atoms with E-state index >= 15 is 0 Å². The molecule has 8 aromatic carbocycles. The second kappa shape index (κ2) is 15.4. The number of hydrogen-bond acceptors (Lipinski definition) is 2. The molecular formula is C59H42N6OPt-2. The van der Waals surface area contributed by atoms with E-state index in [1.165, 1.54) is 27.1 Å². The Bertz CT molecular complexity index is 4080. The summed E-state index contributed by atoms with van der Waals surface area (Å²) in [5.41, 5.74) is 12.6. The summed E-state index contributed by atoms with van der Waals surface area (Å²) in [6.07, 6.45) is 5.39. The predicted octanol–water partition coefficient (Wildman–Crippen LogP) is 13.6. The van der Waals surface area contributed by atoms with Gasteiger partial charge in [-0.25, -0.2) is 4.98 Å². The summed E-state index contributed by atoms with van der Waals surface area (Å²) >= 11 is 0. The molecule has 7 nitrogen and oxygen atoms in total. The maximum atomic E-state index is 6.79. The molecule has 0 bridgehead atoms. The quantitative estimate of drug-likeness (QED) is 0.123. The van der Waals surface area contributed by atoms with Crippen molar-refractivity contribution >= 4 is 76.5 Å². The molecule has 0 N–H and O–H groups in total. The summed E-state index contributed by atoms with van der Waals surface area (Å²) in [5.74, 6) is 1.96. The maximum Gasteiger partial charge on any atom is 0.242 e. The molecule has 0 atom stereocenters. The van der Waals surface area contributed by atoms with Crippen LogP contribution in [0.25, 0.3) is 99.3 Å². The molecule has 8 heteroatoms. The minimum Gasteiger partial charge on any atom is -0.510 e. The van der Waals surface area contributed by atoms with Gasteiger partial charge < -0.3 is 27.6 Å². The van der Waals surface area contributed by atoms with Gasteiger partial charge in [-0.05, 0) is 64.9 Å². The number of hydrogen-bond donors (Lipinski definition) is 0. The van der Waals surface area contributed by atoms with Gasteiger partial charge in [-0.2, -0.15) is 18.2 Å². The van der Waals surface area contributed by atoms with Crippen LogP contribution in [0.3, 0.4) is 0 Å². The van der Waals surface area contributed by atoms with E-state index < -0.39 is 0 Å². The summed E-state index contributed by atoms with van der Waals surface area (Å²) in [6.45, 7) is 6.76. The molecule has 5 heterocycles. The molecule has 326 valence electrons. The molecular weight excluding hydrogens is 1000 g/mol. The van der Waals surface area contributed by atoms with Crippen LogP contribution in [0.2, 0.25) is 0 Å². The number of imidazole rings is 1. The van der Waals surface area contributed by atoms with Crippen molar-refractivity contribution in [2.24, 2.45) is 7.05 Å². The first-order valence-corrected chi connectivity index (χ1v) is 22.4. The maximum absolute atomic E-state index is 6.79. The molecule has 0 unspecified atom stereocenters. The van der Waals surface area contributed by atoms with Crippen LogP contribution >= 0.6 is 0 Å². The summed E-state index contributed by atoms with van der Waals surface area (Å²) in [7, 11) is 2.01. The summed E-state index contributed by atoms with van der Waals surface area (Å²) < 4.78 is 18.1. The Kier molecular flexibility index (Phi) is 9.39. The fraction of sp³-hybridized carbons (Fsp3) is 0.0847. The minimum atomic E-state index is -0.126. The Hall–Kier alpha value is -7.73. The number of para-hydroxylation sites is 6. The molecule has 0 amide bonds. The monoisotopic (exact) mass is 1050 g/mol. The van der Waals surface area contributed by atoms with Crippen LogP contribution < -0.4 is 9.30 Å². The Labute approximate surface area is 401 Å². The van der Waals surface area contributed by atoms with Gasteiger partial charge >= 0.3 is 0 Å². The number of rotatable bonds is 6. The van der Waals surface area contributed by atoms with Gasteiger partial charge in [-0.15, -0.1) is 29.7 Å². The van der Waals surface area contributed by atoms with Crippen LogP contribution in [0.15, 0.2) is 182 Å². The Morgan fingerprint density at radius 2 is 1.10 bits per heavy atom. The zero-order valence-electron chi connectivity index (χ0n) is 37.2. The molecule has 0 aliphatic carbocycles. The molecule has 67 heavy (non-hydrogen) atoms. The molecule has 0 saturated heterocycles. The van der Waals surface area contributed by atoms with E-state index in [4.69, 9.17) is 9.72 Å². The van der Waals surface area contributed by atoms with Crippen molar-refractivity contribution in [2.75, 3.05) is 0 Å². The normalized spacial score (nSPS) is 12.1. The molecule has 13 rings (SSSR count). The van der Waals surface area contributed by atoms with Crippen molar-refractivity contribution in [3.8, 4) is 34.4 Å². The van der Waals surface area contributed by atoms with Gasteiger partial charge in [0.25, 0.3) is 0 Å². The first-order valence-electron chi connectivity index (χ1n) is 22.4. The zero-order valence-corrected chi connectivity index (χ0v) is 39.5. The van der Waals surface area contributed by atoms with Crippen LogP contribution in [-0.2, 0) is 33.5 Å². The van der Waals surface area contributed by atoms with Crippen LogP contribution in [0.4, 0.5) is 0 Å². The third-order valence-corrected chi connectivity index (χ3v) is 13.1. The second-order valence-electron chi connectivity index (χ2n) is 18.1. The molecule has 0 aliphatic rings. The molecule has 0 spiro atoms. The Morgan fingerprint density at radius 3 is 1.81 bits per heavy atom. The number of ether oxygens (including phenoxy) is 1. The molecule has 0 saturated carbocycles. The van der Waals surface area contributed by atoms with Crippen molar-refractivity contribution in [3.05, 3.63) is 206 Å². The summed E-state index contributed by atoms with van der Waals surface area (Å²) in [5, 5.41) is 6.85. The fourth-order valence-electron chi connectivity index (χ4n) is 10.2. The molecule has 0 radical (unpaired) electrons. The standard InChI is InChI=1S/C59H42N6O.Pt/c1-59(2,3)38-32-33-60-52(34-38)65-51-36-43(66-42-23-17-22-41(35-42)62-37-61(4)49-28-15-16-29-50(49)62)30-31-46(51)54-53-44-24-11-13-26-47(44)63(39-18-7-5-8-19-39)56(53)55-45-25-12-14-27-48(45)64(58(55)57(54)65)40-20-9-6-10-21-40;/h5-34H,1-4H3;/q-2;. The fourth-order valence-corrected chi connectivity index (χ4v) is 10.2. The van der Waals surface area contributed by atoms with E-state index in [2.05, 4.69) is 192 Å². The van der Waals surface area contributed by atoms with Crippen LogP contribution in [-0.4, -0.2) is 23.3 Å². The molecule has 0 fully saturated rings. The van der Waals surface area contributed by atoms with Gasteiger partial charge in [-0.1, -0.05) is 129 Å². The van der Waals surface area contributed by atoms with E-state index in [1.54, 1.807) is 0 Å². The number of aromatic nitrogens is 6. The number of aryl methyl sites for hydroxylation is 1. The molecule has 13 aromatic rings. The van der Waals surface area contributed by atoms with E-state index in [0.717, 1.165) is 77.8 Å². The van der Waals surface area contributed by atoms with E-state index in [-0.39, 0.29) is 26.5 Å². The zero-order chi connectivity index (χ0) is 44.3. The van der Waals surface area contributed by atoms with Crippen molar-refractivity contribution in [1.29, 1.82) is 0 Å². The van der Waals surface area contributed by atoms with Crippen molar-refractivity contribution in [1.82, 2.24) is 23.3 Å². The van der Waals surface area contributed by atoms with Crippen molar-refractivity contribution in [3.63, 3.8) is 0 Å². The summed E-state index contributed by atoms with van der Waals surface area (Å²) in [6, 6.07) is 69.4. The van der Waals surface area contributed by atoms with Crippen LogP contribution in [0.1, 0.15) is 26.3 Å². The van der Waals surface area contributed by atoms with Gasteiger partial charge in [-0.3, -0.25) is 0 Å². The van der Waals surface area contributed by atoms with Crippen LogP contribution in [0.5, 0.6) is 11.5 Å². The van der Waals surface area contributed by atoms with E-state index in [1.807, 2.05) is 58.8 Å². The van der Waals surface area contributed by atoms with Gasteiger partial charge in [0, 0.05) is 71.7 Å². The third-order valence-electron chi connectivity index (χ3n) is 13.1. The number of nitrogens with zero attached hydrogens (tertiary/aromatic N) is 6. The van der Waals surface area contributed by atoms with Gasteiger partial charge in [0.1, 0.15) is 5.82 Å². The average Bonchev–Trinajstić information content (AvgIpc) is 4.08. The first kappa shape index (κ1) is 40.8. The second-order valence-corrected chi connectivity index (χ2v) is 18.1. The largest absolute Gasteiger partial charge is 0.510 e. The van der Waals surface area contributed by atoms with Crippen molar-refractivity contribution < 1.29 is 30.4 Å². The number of fused-ring (bicyclic) bond motifs is 13. The number of benzene rings is 8. The number of pyridine rings is 1. The third kappa shape index (κ3) is 6.22. The van der Waals surface area contributed by atoms with Gasteiger partial charge in [0.05, 0.1) is 45.7 Å². The first-order chi connectivity index (χ1) is 32.3. The Balaban J connectivity index is 0.00000468. The topological polar surface area (TPSA) is 45.7 Å². The van der Waals surface area contributed by atoms with Crippen molar-refractivity contribution in [2.45, 2.75) is 26.2 Å². The average molecular weight is 1050 g/mol. The van der Waals surface area contributed by atoms with E-state index in [9.17, 15) is 0 Å². The van der Waals surface area contributed by atoms with Gasteiger partial charge in [0.15, 0.2) is 0 Å². The predicted molar refractivity (Wildman–Crippen MR) is 267 cm³/mol.